The van der Waals surface area contributed by atoms with E-state index in [9.17, 15) is 14.4 Å². The van der Waals surface area contributed by atoms with Crippen LogP contribution in [0.25, 0.3) is 0 Å². The first-order chi connectivity index (χ1) is 19.3. The van der Waals surface area contributed by atoms with Gasteiger partial charge in [0.25, 0.3) is 0 Å². The van der Waals surface area contributed by atoms with Crippen LogP contribution in [-0.4, -0.2) is 55.4 Å². The average molecular weight is 564 g/mol. The van der Waals surface area contributed by atoms with Crippen molar-refractivity contribution in [3.05, 3.63) is 63.6 Å². The molecule has 9 heteroatoms. The second-order valence-electron chi connectivity index (χ2n) is 10.6. The number of nitrogens with one attached hydrogen (secondary N) is 1. The highest BCUT2D eigenvalue weighted by Gasteiger charge is 2.53. The maximum Gasteiger partial charge on any atom is 0.332 e. The smallest absolute Gasteiger partial charge is 0.332 e. The number of nitrogens with zero attached hydrogens (tertiary/aromatic N) is 2. The van der Waals surface area contributed by atoms with Crippen molar-refractivity contribution in [2.75, 3.05) is 32.2 Å². The number of hydrogen-bond acceptors (Lipinski definition) is 6. The molecule has 3 aliphatic rings. The van der Waals surface area contributed by atoms with E-state index < -0.39 is 11.9 Å². The van der Waals surface area contributed by atoms with Gasteiger partial charge in [-0.05, 0) is 97.4 Å². The van der Waals surface area contributed by atoms with E-state index in [-0.39, 0.29) is 23.7 Å². The fourth-order valence-electron chi connectivity index (χ4n) is 5.77. The van der Waals surface area contributed by atoms with Crippen molar-refractivity contribution in [3.63, 3.8) is 0 Å². The van der Waals surface area contributed by atoms with Gasteiger partial charge in [-0.1, -0.05) is 18.6 Å². The SMILES string of the molecule is COc1ccc(CCNC(=O)CN2C(=O)N(c3ccc(C)c(C)c3)C(=O)C3C4=C(CCCCC4)SC32)cc1OC. The van der Waals surface area contributed by atoms with Gasteiger partial charge < -0.3 is 19.7 Å². The average Bonchev–Trinajstić information content (AvgIpc) is 3.15. The van der Waals surface area contributed by atoms with Gasteiger partial charge in [0.2, 0.25) is 11.8 Å². The van der Waals surface area contributed by atoms with Gasteiger partial charge in [0.15, 0.2) is 11.5 Å². The van der Waals surface area contributed by atoms with E-state index in [4.69, 9.17) is 9.47 Å². The van der Waals surface area contributed by atoms with Gasteiger partial charge in [-0.15, -0.1) is 11.8 Å². The van der Waals surface area contributed by atoms with E-state index in [1.807, 2.05) is 50.2 Å². The summed E-state index contributed by atoms with van der Waals surface area (Å²) < 4.78 is 10.7. The first-order valence-electron chi connectivity index (χ1n) is 13.9. The molecule has 2 unspecified atom stereocenters. The summed E-state index contributed by atoms with van der Waals surface area (Å²) in [6.07, 6.45) is 5.68. The third-order valence-corrected chi connectivity index (χ3v) is 9.63. The Balaban J connectivity index is 1.34. The number of imide groups is 1. The zero-order chi connectivity index (χ0) is 28.4. The van der Waals surface area contributed by atoms with Crippen LogP contribution in [0.4, 0.5) is 10.5 Å². The Morgan fingerprint density at radius 2 is 1.75 bits per heavy atom. The van der Waals surface area contributed by atoms with Crippen molar-refractivity contribution in [3.8, 4) is 11.5 Å². The normalized spacial score (nSPS) is 20.7. The Bertz CT molecular complexity index is 1360. The molecule has 1 saturated heterocycles. The number of thioether (sulfide) groups is 1. The first-order valence-corrected chi connectivity index (χ1v) is 14.8. The second kappa shape index (κ2) is 12.0. The highest BCUT2D eigenvalue weighted by atomic mass is 32.2. The molecule has 5 rings (SSSR count). The third-order valence-electron chi connectivity index (χ3n) is 8.11. The number of ether oxygens (including phenoxy) is 2. The van der Waals surface area contributed by atoms with E-state index in [1.165, 1.54) is 9.81 Å². The fourth-order valence-corrected chi connectivity index (χ4v) is 7.41. The second-order valence-corrected chi connectivity index (χ2v) is 11.8. The molecule has 2 aromatic rings. The van der Waals surface area contributed by atoms with Crippen molar-refractivity contribution >= 4 is 35.3 Å². The molecule has 2 aromatic carbocycles. The topological polar surface area (TPSA) is 88.2 Å². The van der Waals surface area contributed by atoms with Gasteiger partial charge in [0.05, 0.1) is 31.2 Å². The standard InChI is InChI=1S/C31H37N3O5S/c1-19-10-12-22(16-20(19)2)34-29(36)28-23-8-6-5-7-9-26(23)40-30(28)33(31(34)37)18-27(35)32-15-14-21-11-13-24(38-3)25(17-21)39-4/h10-13,16-17,28,30H,5-9,14-15,18H2,1-4H3,(H,32,35). The van der Waals surface area contributed by atoms with Gasteiger partial charge in [0.1, 0.15) is 6.54 Å². The molecule has 1 aliphatic carbocycles. The number of aryl methyl sites for hydroxylation is 2. The summed E-state index contributed by atoms with van der Waals surface area (Å²) in [5.41, 5.74) is 4.82. The van der Waals surface area contributed by atoms with Gasteiger partial charge in [-0.3, -0.25) is 9.59 Å². The number of anilines is 1. The van der Waals surface area contributed by atoms with Crippen LogP contribution in [0.2, 0.25) is 0 Å². The molecule has 0 radical (unpaired) electrons. The Labute approximate surface area is 240 Å². The number of benzene rings is 2. The van der Waals surface area contributed by atoms with E-state index in [0.29, 0.717) is 30.2 Å². The predicted molar refractivity (Wildman–Crippen MR) is 157 cm³/mol. The van der Waals surface area contributed by atoms with E-state index >= 15 is 0 Å². The molecule has 40 heavy (non-hydrogen) atoms. The minimum absolute atomic E-state index is 0.103. The number of amides is 4. The molecule has 212 valence electrons. The lowest BCUT2D eigenvalue weighted by molar-refractivity contribution is -0.126. The van der Waals surface area contributed by atoms with Crippen molar-refractivity contribution < 1.29 is 23.9 Å². The van der Waals surface area contributed by atoms with Crippen molar-refractivity contribution in [1.29, 1.82) is 0 Å². The minimum atomic E-state index is -0.435. The molecular weight excluding hydrogens is 526 g/mol. The van der Waals surface area contributed by atoms with Gasteiger partial charge in [-0.25, -0.2) is 9.69 Å². The molecule has 0 saturated carbocycles. The third kappa shape index (κ3) is 5.44. The number of carbonyl (C=O) groups is 3. The fraction of sp³-hybridized carbons (Fsp3) is 0.452. The van der Waals surface area contributed by atoms with Crippen LogP contribution >= 0.6 is 11.8 Å². The maximum absolute atomic E-state index is 14.0. The lowest BCUT2D eigenvalue weighted by Crippen LogP contribution is -2.62. The summed E-state index contributed by atoms with van der Waals surface area (Å²) in [5, 5.41) is 2.58. The highest BCUT2D eigenvalue weighted by molar-refractivity contribution is 8.04. The molecule has 8 nitrogen and oxygen atoms in total. The molecule has 2 heterocycles. The quantitative estimate of drug-likeness (QED) is 0.466. The van der Waals surface area contributed by atoms with Crippen LogP contribution in [0.15, 0.2) is 46.9 Å². The van der Waals surface area contributed by atoms with Crippen LogP contribution < -0.4 is 19.7 Å². The summed E-state index contributed by atoms with van der Waals surface area (Å²) in [7, 11) is 3.18. The van der Waals surface area contributed by atoms with Crippen molar-refractivity contribution in [1.82, 2.24) is 10.2 Å². The van der Waals surface area contributed by atoms with Crippen LogP contribution in [0, 0.1) is 19.8 Å². The molecule has 0 spiro atoms. The Kier molecular flexibility index (Phi) is 8.40. The summed E-state index contributed by atoms with van der Waals surface area (Å²) in [4.78, 5) is 45.2. The number of methoxy groups -OCH3 is 2. The summed E-state index contributed by atoms with van der Waals surface area (Å²) in [5.74, 6) is 0.444. The number of allylic oxidation sites excluding steroid dienone is 1. The number of rotatable bonds is 8. The number of urea groups is 1. The van der Waals surface area contributed by atoms with E-state index in [2.05, 4.69) is 5.32 Å². The number of hydrogen-bond donors (Lipinski definition) is 1. The van der Waals surface area contributed by atoms with Crippen molar-refractivity contribution in [2.45, 2.75) is 57.7 Å². The van der Waals surface area contributed by atoms with Gasteiger partial charge >= 0.3 is 6.03 Å². The summed E-state index contributed by atoms with van der Waals surface area (Å²) >= 11 is 1.61. The maximum atomic E-state index is 14.0. The van der Waals surface area contributed by atoms with Crippen LogP contribution in [0.3, 0.4) is 0 Å². The van der Waals surface area contributed by atoms with Crippen LogP contribution in [0.1, 0.15) is 48.8 Å². The Hall–Kier alpha value is -3.46. The Morgan fingerprint density at radius 3 is 2.50 bits per heavy atom. The lowest BCUT2D eigenvalue weighted by atomic mass is 9.91. The molecular formula is C31H37N3O5S. The monoisotopic (exact) mass is 563 g/mol. The molecule has 0 bridgehead atoms. The highest BCUT2D eigenvalue weighted by Crippen LogP contribution is 2.52. The number of carbonyl (C=O) groups excluding carboxylic acids is 3. The molecule has 4 amide bonds. The van der Waals surface area contributed by atoms with Crippen LogP contribution in [-0.2, 0) is 16.0 Å². The number of fused-ring (bicyclic) bond motifs is 2. The summed E-state index contributed by atoms with van der Waals surface area (Å²) in [6, 6.07) is 10.9. The molecule has 0 aromatic heterocycles. The first kappa shape index (κ1) is 28.1. The van der Waals surface area contributed by atoms with Crippen molar-refractivity contribution in [2.24, 2.45) is 5.92 Å². The largest absolute Gasteiger partial charge is 0.493 e. The van der Waals surface area contributed by atoms with Gasteiger partial charge in [-0.2, -0.15) is 0 Å². The van der Waals surface area contributed by atoms with Gasteiger partial charge in [0, 0.05) is 6.54 Å². The molecule has 1 N–H and O–H groups in total. The molecule has 2 atom stereocenters. The van der Waals surface area contributed by atoms with Crippen LogP contribution in [0.5, 0.6) is 11.5 Å². The molecule has 1 fully saturated rings. The van der Waals surface area contributed by atoms with E-state index in [1.54, 1.807) is 30.9 Å². The zero-order valence-electron chi connectivity index (χ0n) is 23.6. The molecule has 2 aliphatic heterocycles. The van der Waals surface area contributed by atoms with E-state index in [0.717, 1.165) is 54.4 Å². The lowest BCUT2D eigenvalue weighted by Gasteiger charge is -2.42. The minimum Gasteiger partial charge on any atom is -0.493 e. The Morgan fingerprint density at radius 1 is 0.975 bits per heavy atom. The zero-order valence-corrected chi connectivity index (χ0v) is 24.4. The summed E-state index contributed by atoms with van der Waals surface area (Å²) in [6.45, 7) is 4.28. The predicted octanol–water partition coefficient (Wildman–Crippen LogP) is 5.36.